The molecule has 0 amide bonds. The average Bonchev–Trinajstić information content (AvgIpc) is 2.15. The van der Waals surface area contributed by atoms with Gasteiger partial charge in [0.15, 0.2) is 0 Å². The topological polar surface area (TPSA) is 185 Å². The number of aliphatic carboxylic acids is 4. The Morgan fingerprint density at radius 2 is 0.750 bits per heavy atom. The monoisotopic (exact) mass is 357 g/mol. The number of carboxylic acids is 4. The molecule has 0 aromatic rings. The Morgan fingerprint density at radius 3 is 0.850 bits per heavy atom. The first kappa shape index (κ1) is 28.2. The minimum atomic E-state index is -1.34. The quantitative estimate of drug-likeness (QED) is 0.395. The molecule has 0 rings (SSSR count). The van der Waals surface area contributed by atoms with Crippen molar-refractivity contribution in [3.05, 3.63) is 0 Å². The summed E-state index contributed by atoms with van der Waals surface area (Å²) in [6.45, 7) is -1.86. The second kappa shape index (κ2) is 19.0. The van der Waals surface area contributed by atoms with Crippen LogP contribution < -0.4 is 82.4 Å². The van der Waals surface area contributed by atoms with Crippen molar-refractivity contribution in [3.8, 4) is 0 Å². The van der Waals surface area contributed by atoms with Gasteiger partial charge >= 0.3 is 68.5 Å². The van der Waals surface area contributed by atoms with Crippen molar-refractivity contribution >= 4 is 23.9 Å². The first-order chi connectivity index (χ1) is 8.25. The summed E-state index contributed by atoms with van der Waals surface area (Å²) in [4.78, 5) is 38.4. The summed E-state index contributed by atoms with van der Waals surface area (Å²) in [7, 11) is 0. The first-order valence-corrected chi connectivity index (χ1v) is 4.46. The molecule has 0 fully saturated rings. The number of carbonyl (C=O) groups is 4. The van der Waals surface area contributed by atoms with Crippen LogP contribution in [0.15, 0.2) is 0 Å². The second-order valence-corrected chi connectivity index (χ2v) is 2.70. The van der Waals surface area contributed by atoms with Gasteiger partial charge in [-0.2, -0.15) is 0 Å². The molecular formula is C8H10FeKN2O8. The van der Waals surface area contributed by atoms with Gasteiger partial charge in [-0.25, -0.2) is 0 Å². The molecule has 1 radical (unpaired) electrons. The van der Waals surface area contributed by atoms with E-state index in [9.17, 15) is 39.6 Å². The van der Waals surface area contributed by atoms with E-state index in [2.05, 4.69) is 10.6 Å². The fourth-order valence-electron chi connectivity index (χ4n) is 0.533. The van der Waals surface area contributed by atoms with Gasteiger partial charge in [0, 0.05) is 26.2 Å². The van der Waals surface area contributed by atoms with Gasteiger partial charge in [-0.15, -0.1) is 0 Å². The number of hydrogen-bond donors (Lipinski definition) is 2. The van der Waals surface area contributed by atoms with Gasteiger partial charge in [-0.1, -0.05) is 0 Å². The number of hydrogen-bond acceptors (Lipinski definition) is 10. The molecule has 0 aliphatic rings. The van der Waals surface area contributed by atoms with E-state index >= 15 is 0 Å². The van der Waals surface area contributed by atoms with Gasteiger partial charge in [0.1, 0.15) is 0 Å². The van der Waals surface area contributed by atoms with Crippen LogP contribution in [-0.4, -0.2) is 50.1 Å². The Bertz CT molecular complexity index is 257. The maximum absolute atomic E-state index is 9.59. The van der Waals surface area contributed by atoms with E-state index in [1.165, 1.54) is 0 Å². The number of carbonyl (C=O) groups excluding carboxylic acids is 4. The van der Waals surface area contributed by atoms with E-state index in [0.29, 0.717) is 0 Å². The normalized spacial score (nSPS) is 8.00. The minimum absolute atomic E-state index is 0. The van der Waals surface area contributed by atoms with Gasteiger partial charge < -0.3 is 50.2 Å². The van der Waals surface area contributed by atoms with E-state index in [1.807, 2.05) is 0 Å². The van der Waals surface area contributed by atoms with E-state index in [4.69, 9.17) is 0 Å². The van der Waals surface area contributed by atoms with Crippen molar-refractivity contribution in [2.45, 2.75) is 0 Å². The van der Waals surface area contributed by atoms with E-state index in [0.717, 1.165) is 0 Å². The van der Waals surface area contributed by atoms with Crippen molar-refractivity contribution in [2.75, 3.05) is 26.2 Å². The van der Waals surface area contributed by atoms with Crippen LogP contribution in [0.4, 0.5) is 0 Å². The van der Waals surface area contributed by atoms with Crippen molar-refractivity contribution in [2.24, 2.45) is 0 Å². The summed E-state index contributed by atoms with van der Waals surface area (Å²) in [5.41, 5.74) is 0. The molecule has 10 nitrogen and oxygen atoms in total. The van der Waals surface area contributed by atoms with Crippen LogP contribution in [0.25, 0.3) is 0 Å². The third-order valence-corrected chi connectivity index (χ3v) is 1.08. The summed E-state index contributed by atoms with van der Waals surface area (Å²) in [5.74, 6) is -5.35. The molecule has 2 N–H and O–H groups in total. The third kappa shape index (κ3) is 36.1. The molecule has 20 heavy (non-hydrogen) atoms. The maximum Gasteiger partial charge on any atom is 3.00 e. The Balaban J connectivity index is -0.000000116. The smallest absolute Gasteiger partial charge is 0.549 e. The third-order valence-electron chi connectivity index (χ3n) is 1.08. The Morgan fingerprint density at radius 1 is 0.600 bits per heavy atom. The molecule has 109 valence electrons. The van der Waals surface area contributed by atoms with Crippen LogP contribution in [0.3, 0.4) is 0 Å². The fourth-order valence-corrected chi connectivity index (χ4v) is 0.533. The van der Waals surface area contributed by atoms with Crippen LogP contribution in [0.5, 0.6) is 0 Å². The predicted octanol–water partition coefficient (Wildman–Crippen LogP) is -10.8. The van der Waals surface area contributed by atoms with Crippen molar-refractivity contribution in [1.82, 2.24) is 10.6 Å². The van der Waals surface area contributed by atoms with Crippen LogP contribution in [0, 0.1) is 0 Å². The van der Waals surface area contributed by atoms with Crippen LogP contribution in [0.1, 0.15) is 0 Å². The van der Waals surface area contributed by atoms with Crippen molar-refractivity contribution in [1.29, 1.82) is 0 Å². The molecule has 0 spiro atoms. The molecule has 0 saturated carbocycles. The zero-order valence-electron chi connectivity index (χ0n) is 10.4. The van der Waals surface area contributed by atoms with Gasteiger partial charge in [-0.05, 0) is 0 Å². The summed E-state index contributed by atoms with van der Waals surface area (Å²) in [5, 5.41) is 42.5. The Labute approximate surface area is 167 Å². The molecule has 12 heteroatoms. The van der Waals surface area contributed by atoms with E-state index in [-0.39, 0.29) is 68.5 Å². The summed E-state index contributed by atoms with van der Waals surface area (Å²) < 4.78 is 0. The summed E-state index contributed by atoms with van der Waals surface area (Å²) in [6, 6.07) is 0. The van der Waals surface area contributed by atoms with Gasteiger partial charge in [0.05, 0.1) is 23.9 Å². The Hall–Kier alpha value is -0.0442. The summed E-state index contributed by atoms with van der Waals surface area (Å²) in [6.07, 6.45) is 0. The van der Waals surface area contributed by atoms with Crippen LogP contribution >= 0.6 is 0 Å². The predicted molar refractivity (Wildman–Crippen MR) is 45.8 cm³/mol. The first-order valence-electron chi connectivity index (χ1n) is 4.46. The SMILES string of the molecule is O=C([O-])CNCC(=O)[O-].O=C([O-])CNCC(=O)[O-].[Fe+3].[K+]. The summed E-state index contributed by atoms with van der Waals surface area (Å²) >= 11 is 0. The second-order valence-electron chi connectivity index (χ2n) is 2.70. The molecule has 0 bridgehead atoms. The molecule has 0 unspecified atom stereocenters. The molecule has 0 saturated heterocycles. The van der Waals surface area contributed by atoms with Crippen LogP contribution in [-0.2, 0) is 36.2 Å². The number of rotatable bonds is 8. The Kier molecular flexibility index (Phi) is 26.7. The van der Waals surface area contributed by atoms with E-state index in [1.54, 1.807) is 0 Å². The largest absolute Gasteiger partial charge is 3.00 e. The van der Waals surface area contributed by atoms with Crippen LogP contribution in [0.2, 0.25) is 0 Å². The van der Waals surface area contributed by atoms with Gasteiger partial charge in [0.25, 0.3) is 0 Å². The average molecular weight is 357 g/mol. The number of nitrogens with one attached hydrogen (secondary N) is 2. The van der Waals surface area contributed by atoms with E-state index < -0.39 is 50.1 Å². The molecule has 0 heterocycles. The molecule has 0 aliphatic heterocycles. The van der Waals surface area contributed by atoms with Gasteiger partial charge in [0.2, 0.25) is 0 Å². The van der Waals surface area contributed by atoms with Gasteiger partial charge in [-0.3, -0.25) is 0 Å². The standard InChI is InChI=1S/2C4H7NO4.Fe.K/c2*6-3(7)1-5-2-4(8)9;;/h2*5H,1-2H2,(H,6,7)(H,8,9);;/q;;+3;+1/p-4. The molecule has 0 atom stereocenters. The molecule has 0 aliphatic carbocycles. The zero-order valence-corrected chi connectivity index (χ0v) is 14.7. The minimum Gasteiger partial charge on any atom is -0.549 e. The van der Waals surface area contributed by atoms with Crippen molar-refractivity contribution < 1.29 is 108 Å². The molecule has 0 aromatic carbocycles. The molecule has 0 aromatic heterocycles. The van der Waals surface area contributed by atoms with Crippen molar-refractivity contribution in [3.63, 3.8) is 0 Å². The fraction of sp³-hybridized carbons (Fsp3) is 0.500. The molecular weight excluding hydrogens is 347 g/mol. The maximum atomic E-state index is 9.59. The zero-order chi connectivity index (χ0) is 14.6. The number of carboxylic acid groups (broad SMARTS) is 4.